The molecule has 0 unspecified atom stereocenters. The first-order valence-corrected chi connectivity index (χ1v) is 8.63. The SMILES string of the molecule is CN(C)c1cccc(C2=CC3=C(CC2)CN(c2ccccn2)N=C3)c1. The molecule has 0 N–H and O–H groups in total. The molecule has 25 heavy (non-hydrogen) atoms. The molecule has 2 heterocycles. The van der Waals surface area contributed by atoms with Crippen molar-refractivity contribution in [2.45, 2.75) is 12.8 Å². The molecule has 0 amide bonds. The molecule has 0 radical (unpaired) electrons. The van der Waals surface area contributed by atoms with E-state index in [-0.39, 0.29) is 0 Å². The average Bonchev–Trinajstić information content (AvgIpc) is 2.68. The second-order valence-electron chi connectivity index (χ2n) is 6.66. The van der Waals surface area contributed by atoms with Crippen molar-refractivity contribution in [3.05, 3.63) is 71.4 Å². The van der Waals surface area contributed by atoms with Crippen LogP contribution in [0, 0.1) is 0 Å². The third-order valence-electron chi connectivity index (χ3n) is 4.76. The van der Waals surface area contributed by atoms with E-state index in [2.05, 4.69) is 59.4 Å². The number of hydrogen-bond acceptors (Lipinski definition) is 4. The van der Waals surface area contributed by atoms with E-state index in [1.807, 2.05) is 35.6 Å². The van der Waals surface area contributed by atoms with Gasteiger partial charge in [0.05, 0.1) is 12.8 Å². The molecule has 2 aliphatic rings. The van der Waals surface area contributed by atoms with E-state index in [0.29, 0.717) is 0 Å². The third kappa shape index (κ3) is 3.20. The molecule has 0 fully saturated rings. The molecule has 0 saturated carbocycles. The predicted molar refractivity (Wildman–Crippen MR) is 105 cm³/mol. The largest absolute Gasteiger partial charge is 0.378 e. The van der Waals surface area contributed by atoms with Crippen LogP contribution >= 0.6 is 0 Å². The van der Waals surface area contributed by atoms with Crippen LogP contribution in [0.2, 0.25) is 0 Å². The summed E-state index contributed by atoms with van der Waals surface area (Å²) in [7, 11) is 4.16. The van der Waals surface area contributed by atoms with Gasteiger partial charge in [-0.1, -0.05) is 18.2 Å². The Labute approximate surface area is 148 Å². The molecule has 4 rings (SSSR count). The standard InChI is InChI=1S/C21H22N4/c1-24(2)20-7-5-6-16(13-20)17-9-10-18-15-25(23-14-19(18)12-17)21-8-3-4-11-22-21/h3-8,11-14H,9-10,15H2,1-2H3. The Balaban J connectivity index is 1.59. The van der Waals surface area contributed by atoms with Crippen LogP contribution in [0.15, 0.2) is 71.0 Å². The molecule has 2 aromatic rings. The van der Waals surface area contributed by atoms with Crippen molar-refractivity contribution in [2.24, 2.45) is 5.10 Å². The minimum Gasteiger partial charge on any atom is -0.378 e. The Morgan fingerprint density at radius 3 is 2.76 bits per heavy atom. The molecule has 0 spiro atoms. The van der Waals surface area contributed by atoms with Crippen LogP contribution in [0.3, 0.4) is 0 Å². The van der Waals surface area contributed by atoms with Gasteiger partial charge in [0.2, 0.25) is 0 Å². The summed E-state index contributed by atoms with van der Waals surface area (Å²) in [6, 6.07) is 14.7. The number of aromatic nitrogens is 1. The van der Waals surface area contributed by atoms with Gasteiger partial charge in [-0.3, -0.25) is 0 Å². The molecule has 1 aromatic carbocycles. The number of nitrogens with zero attached hydrogens (tertiary/aromatic N) is 4. The first-order chi connectivity index (χ1) is 12.2. The van der Waals surface area contributed by atoms with Gasteiger partial charge in [-0.2, -0.15) is 5.10 Å². The fourth-order valence-corrected chi connectivity index (χ4v) is 3.30. The second-order valence-corrected chi connectivity index (χ2v) is 6.66. The van der Waals surface area contributed by atoms with E-state index in [4.69, 9.17) is 0 Å². The van der Waals surface area contributed by atoms with Crippen molar-refractivity contribution < 1.29 is 0 Å². The fraction of sp³-hybridized carbons (Fsp3) is 0.238. The van der Waals surface area contributed by atoms with E-state index in [0.717, 1.165) is 25.2 Å². The number of anilines is 2. The normalized spacial score (nSPS) is 16.6. The van der Waals surface area contributed by atoms with Crippen molar-refractivity contribution in [3.8, 4) is 0 Å². The lowest BCUT2D eigenvalue weighted by molar-refractivity contribution is 0.816. The zero-order valence-corrected chi connectivity index (χ0v) is 14.7. The Morgan fingerprint density at radius 1 is 1.04 bits per heavy atom. The Hall–Kier alpha value is -2.88. The van der Waals surface area contributed by atoms with E-state index >= 15 is 0 Å². The molecule has 1 aromatic heterocycles. The molecule has 1 aliphatic carbocycles. The van der Waals surface area contributed by atoms with E-state index in [1.165, 1.54) is 28.0 Å². The lowest BCUT2D eigenvalue weighted by Gasteiger charge is -2.27. The lowest BCUT2D eigenvalue weighted by Crippen LogP contribution is -2.26. The summed E-state index contributed by atoms with van der Waals surface area (Å²) in [5, 5.41) is 6.57. The van der Waals surface area contributed by atoms with Crippen molar-refractivity contribution in [1.82, 2.24) is 4.98 Å². The number of hydrazone groups is 1. The first kappa shape index (κ1) is 15.6. The zero-order chi connectivity index (χ0) is 17.2. The fourth-order valence-electron chi connectivity index (χ4n) is 3.30. The Bertz CT molecular complexity index is 862. The molecule has 4 nitrogen and oxygen atoms in total. The van der Waals surface area contributed by atoms with E-state index in [9.17, 15) is 0 Å². The minimum absolute atomic E-state index is 0.824. The predicted octanol–water partition coefficient (Wildman–Crippen LogP) is 4.13. The van der Waals surface area contributed by atoms with Gasteiger partial charge in [-0.15, -0.1) is 0 Å². The molecular weight excluding hydrogens is 308 g/mol. The summed E-state index contributed by atoms with van der Waals surface area (Å²) in [5.74, 6) is 0.902. The number of rotatable bonds is 3. The number of allylic oxidation sites excluding steroid dienone is 3. The molecule has 1 aliphatic heterocycles. The van der Waals surface area contributed by atoms with Gasteiger partial charge in [-0.25, -0.2) is 9.99 Å². The van der Waals surface area contributed by atoms with Gasteiger partial charge in [0, 0.05) is 26.0 Å². The van der Waals surface area contributed by atoms with Crippen molar-refractivity contribution in [1.29, 1.82) is 0 Å². The van der Waals surface area contributed by atoms with Gasteiger partial charge in [0.15, 0.2) is 0 Å². The maximum absolute atomic E-state index is 4.59. The summed E-state index contributed by atoms with van der Waals surface area (Å²) in [4.78, 5) is 6.54. The topological polar surface area (TPSA) is 31.7 Å². The highest BCUT2D eigenvalue weighted by atomic mass is 15.5. The zero-order valence-electron chi connectivity index (χ0n) is 14.7. The molecular formula is C21H22N4. The molecule has 4 heteroatoms. The summed E-state index contributed by atoms with van der Waals surface area (Å²) in [6.45, 7) is 0.824. The maximum atomic E-state index is 4.59. The summed E-state index contributed by atoms with van der Waals surface area (Å²) in [6.07, 6.45) is 8.23. The Morgan fingerprint density at radius 2 is 1.96 bits per heavy atom. The highest BCUT2D eigenvalue weighted by Crippen LogP contribution is 2.33. The highest BCUT2D eigenvalue weighted by molar-refractivity contribution is 5.91. The lowest BCUT2D eigenvalue weighted by atomic mass is 9.88. The van der Waals surface area contributed by atoms with E-state index in [1.54, 1.807) is 0 Å². The maximum Gasteiger partial charge on any atom is 0.148 e. The second kappa shape index (κ2) is 6.55. The average molecular weight is 330 g/mol. The molecule has 0 bridgehead atoms. The van der Waals surface area contributed by atoms with Gasteiger partial charge < -0.3 is 4.90 Å². The van der Waals surface area contributed by atoms with Crippen LogP contribution in [-0.4, -0.2) is 31.8 Å². The Kier molecular flexibility index (Phi) is 4.10. The molecule has 0 saturated heterocycles. The molecule has 0 atom stereocenters. The van der Waals surface area contributed by atoms with Crippen LogP contribution < -0.4 is 9.91 Å². The van der Waals surface area contributed by atoms with Crippen LogP contribution in [0.1, 0.15) is 18.4 Å². The van der Waals surface area contributed by atoms with Gasteiger partial charge in [0.1, 0.15) is 5.82 Å². The summed E-state index contributed by atoms with van der Waals surface area (Å²) >= 11 is 0. The van der Waals surface area contributed by atoms with Crippen molar-refractivity contribution >= 4 is 23.3 Å². The van der Waals surface area contributed by atoms with Crippen LogP contribution in [0.4, 0.5) is 11.5 Å². The summed E-state index contributed by atoms with van der Waals surface area (Å²) in [5.41, 5.74) is 6.62. The molecule has 126 valence electrons. The summed E-state index contributed by atoms with van der Waals surface area (Å²) < 4.78 is 0. The van der Waals surface area contributed by atoms with E-state index < -0.39 is 0 Å². The number of pyridine rings is 1. The quantitative estimate of drug-likeness (QED) is 0.848. The van der Waals surface area contributed by atoms with Crippen LogP contribution in [0.5, 0.6) is 0 Å². The smallest absolute Gasteiger partial charge is 0.148 e. The number of benzene rings is 1. The minimum atomic E-state index is 0.824. The van der Waals surface area contributed by atoms with Crippen LogP contribution in [0.25, 0.3) is 5.57 Å². The monoisotopic (exact) mass is 330 g/mol. The van der Waals surface area contributed by atoms with Gasteiger partial charge in [0.25, 0.3) is 0 Å². The first-order valence-electron chi connectivity index (χ1n) is 8.63. The highest BCUT2D eigenvalue weighted by Gasteiger charge is 2.20. The third-order valence-corrected chi connectivity index (χ3v) is 4.76. The van der Waals surface area contributed by atoms with Crippen molar-refractivity contribution in [2.75, 3.05) is 30.5 Å². The number of hydrogen-bond donors (Lipinski definition) is 0. The van der Waals surface area contributed by atoms with Gasteiger partial charge >= 0.3 is 0 Å². The van der Waals surface area contributed by atoms with Gasteiger partial charge in [-0.05, 0) is 65.5 Å². The van der Waals surface area contributed by atoms with Crippen LogP contribution in [-0.2, 0) is 0 Å². The van der Waals surface area contributed by atoms with Crippen molar-refractivity contribution in [3.63, 3.8) is 0 Å².